The van der Waals surface area contributed by atoms with Gasteiger partial charge in [-0.15, -0.1) is 0 Å². The maximum Gasteiger partial charge on any atom is 0.328 e. The van der Waals surface area contributed by atoms with Gasteiger partial charge in [-0.05, 0) is 19.0 Å². The zero-order chi connectivity index (χ0) is 10.6. The first-order valence-electron chi connectivity index (χ1n) is 4.65. The quantitative estimate of drug-likeness (QED) is 0.763. The summed E-state index contributed by atoms with van der Waals surface area (Å²) < 4.78 is 0. The van der Waals surface area contributed by atoms with Crippen molar-refractivity contribution in [1.29, 1.82) is 0 Å². The third kappa shape index (κ3) is 1.63. The van der Waals surface area contributed by atoms with Crippen LogP contribution in [0.5, 0.6) is 0 Å². The Bertz CT molecular complexity index is 304. The van der Waals surface area contributed by atoms with Gasteiger partial charge >= 0.3 is 5.97 Å². The fraction of sp³-hybridized carbons (Fsp3) is 0.364. The molecule has 0 spiro atoms. The summed E-state index contributed by atoms with van der Waals surface area (Å²) in [7, 11) is 1.67. The zero-order valence-electron chi connectivity index (χ0n) is 8.45. The van der Waals surface area contributed by atoms with Crippen LogP contribution in [-0.2, 0) is 10.3 Å². The molecule has 0 saturated carbocycles. The Morgan fingerprint density at radius 1 is 1.43 bits per heavy atom. The summed E-state index contributed by atoms with van der Waals surface area (Å²) in [5.41, 5.74) is -0.168. The SMILES string of the molecule is CC[C@](NC)(C(=O)O)c1ccccc1. The first-order valence-corrected chi connectivity index (χ1v) is 4.65. The van der Waals surface area contributed by atoms with Crippen LogP contribution in [0.4, 0.5) is 0 Å². The number of nitrogens with one attached hydrogen (secondary N) is 1. The molecule has 0 saturated heterocycles. The Balaban J connectivity index is 3.18. The van der Waals surface area contributed by atoms with Gasteiger partial charge in [0.05, 0.1) is 0 Å². The first-order chi connectivity index (χ1) is 6.67. The summed E-state index contributed by atoms with van der Waals surface area (Å²) in [4.78, 5) is 11.2. The molecule has 0 bridgehead atoms. The van der Waals surface area contributed by atoms with Gasteiger partial charge in [0, 0.05) is 0 Å². The topological polar surface area (TPSA) is 49.3 Å². The zero-order valence-corrected chi connectivity index (χ0v) is 8.45. The molecule has 14 heavy (non-hydrogen) atoms. The minimum Gasteiger partial charge on any atom is -0.480 e. The van der Waals surface area contributed by atoms with Crippen molar-refractivity contribution in [2.75, 3.05) is 7.05 Å². The van der Waals surface area contributed by atoms with Crippen LogP contribution in [0.1, 0.15) is 18.9 Å². The Kier molecular flexibility index (Phi) is 3.25. The molecule has 3 nitrogen and oxygen atoms in total. The van der Waals surface area contributed by atoms with Gasteiger partial charge in [-0.25, -0.2) is 4.79 Å². The van der Waals surface area contributed by atoms with E-state index in [1.807, 2.05) is 37.3 Å². The molecule has 0 radical (unpaired) electrons. The minimum absolute atomic E-state index is 0.517. The molecule has 0 fully saturated rings. The molecule has 0 aliphatic rings. The molecule has 0 heterocycles. The predicted octanol–water partition coefficient (Wildman–Crippen LogP) is 1.60. The van der Waals surface area contributed by atoms with Crippen molar-refractivity contribution in [3.8, 4) is 0 Å². The third-order valence-electron chi connectivity index (χ3n) is 2.59. The van der Waals surface area contributed by atoms with Crippen LogP contribution in [0.3, 0.4) is 0 Å². The second-order valence-corrected chi connectivity index (χ2v) is 3.18. The molecular weight excluding hydrogens is 178 g/mol. The molecule has 0 aliphatic heterocycles. The normalized spacial score (nSPS) is 14.7. The van der Waals surface area contributed by atoms with Crippen LogP contribution >= 0.6 is 0 Å². The Morgan fingerprint density at radius 2 is 2.00 bits per heavy atom. The van der Waals surface area contributed by atoms with Crippen molar-refractivity contribution in [2.45, 2.75) is 18.9 Å². The van der Waals surface area contributed by atoms with E-state index in [-0.39, 0.29) is 0 Å². The maximum atomic E-state index is 11.2. The summed E-state index contributed by atoms with van der Waals surface area (Å²) in [5, 5.41) is 12.1. The molecule has 1 aromatic rings. The lowest BCUT2D eigenvalue weighted by atomic mass is 9.87. The van der Waals surface area contributed by atoms with Crippen LogP contribution in [0, 0.1) is 0 Å². The van der Waals surface area contributed by atoms with Gasteiger partial charge in [0.25, 0.3) is 0 Å². The van der Waals surface area contributed by atoms with Gasteiger partial charge in [0.2, 0.25) is 0 Å². The van der Waals surface area contributed by atoms with Gasteiger partial charge in [0.15, 0.2) is 0 Å². The Morgan fingerprint density at radius 3 is 2.36 bits per heavy atom. The molecule has 0 aliphatic carbocycles. The summed E-state index contributed by atoms with van der Waals surface area (Å²) in [5.74, 6) is -0.839. The van der Waals surface area contributed by atoms with Crippen molar-refractivity contribution in [2.24, 2.45) is 0 Å². The van der Waals surface area contributed by atoms with Crippen molar-refractivity contribution in [3.63, 3.8) is 0 Å². The van der Waals surface area contributed by atoms with Gasteiger partial charge in [-0.2, -0.15) is 0 Å². The highest BCUT2D eigenvalue weighted by Crippen LogP contribution is 2.24. The number of benzene rings is 1. The summed E-state index contributed by atoms with van der Waals surface area (Å²) in [6.45, 7) is 1.86. The highest BCUT2D eigenvalue weighted by Gasteiger charge is 2.36. The minimum atomic E-state index is -0.957. The largest absolute Gasteiger partial charge is 0.480 e. The van der Waals surface area contributed by atoms with Crippen molar-refractivity contribution in [1.82, 2.24) is 5.32 Å². The molecule has 0 unspecified atom stereocenters. The number of carboxylic acid groups (broad SMARTS) is 1. The molecule has 1 aromatic carbocycles. The maximum absolute atomic E-state index is 11.2. The molecule has 2 N–H and O–H groups in total. The number of likely N-dealkylation sites (N-methyl/N-ethyl adjacent to an activating group) is 1. The van der Waals surface area contributed by atoms with E-state index in [0.717, 1.165) is 5.56 Å². The van der Waals surface area contributed by atoms with E-state index >= 15 is 0 Å². The summed E-state index contributed by atoms with van der Waals surface area (Å²) >= 11 is 0. The molecule has 0 aromatic heterocycles. The average molecular weight is 193 g/mol. The van der Waals surface area contributed by atoms with Gasteiger partial charge < -0.3 is 10.4 Å². The monoisotopic (exact) mass is 193 g/mol. The Labute approximate surface area is 83.8 Å². The van der Waals surface area contributed by atoms with E-state index in [1.54, 1.807) is 7.05 Å². The fourth-order valence-corrected chi connectivity index (χ4v) is 1.63. The highest BCUT2D eigenvalue weighted by molar-refractivity contribution is 5.80. The van der Waals surface area contributed by atoms with E-state index < -0.39 is 11.5 Å². The molecule has 0 amide bonds. The smallest absolute Gasteiger partial charge is 0.328 e. The first kappa shape index (κ1) is 10.7. The van der Waals surface area contributed by atoms with Crippen LogP contribution in [-0.4, -0.2) is 18.1 Å². The second kappa shape index (κ2) is 4.24. The number of rotatable bonds is 4. The second-order valence-electron chi connectivity index (χ2n) is 3.18. The lowest BCUT2D eigenvalue weighted by Gasteiger charge is -2.28. The van der Waals surface area contributed by atoms with Crippen molar-refractivity contribution in [3.05, 3.63) is 35.9 Å². The molecule has 76 valence electrons. The van der Waals surface area contributed by atoms with Crippen LogP contribution in [0.15, 0.2) is 30.3 Å². The number of hydrogen-bond acceptors (Lipinski definition) is 2. The number of carboxylic acids is 1. The van der Waals surface area contributed by atoms with Gasteiger partial charge in [-0.3, -0.25) is 0 Å². The number of hydrogen-bond donors (Lipinski definition) is 2. The molecular formula is C11H15NO2. The number of carbonyl (C=O) groups is 1. The molecule has 1 rings (SSSR count). The standard InChI is InChI=1S/C11H15NO2/c1-3-11(12-2,10(13)14)9-7-5-4-6-8-9/h4-8,12H,3H2,1-2H3,(H,13,14)/t11-/m1/s1. The predicted molar refractivity (Wildman–Crippen MR) is 55.1 cm³/mol. The molecule has 3 heteroatoms. The average Bonchev–Trinajstić information content (AvgIpc) is 2.22. The van der Waals surface area contributed by atoms with Crippen molar-refractivity contribution < 1.29 is 9.90 Å². The van der Waals surface area contributed by atoms with E-state index in [9.17, 15) is 9.90 Å². The van der Waals surface area contributed by atoms with Gasteiger partial charge in [0.1, 0.15) is 5.54 Å². The van der Waals surface area contributed by atoms with E-state index in [1.165, 1.54) is 0 Å². The fourth-order valence-electron chi connectivity index (χ4n) is 1.63. The lowest BCUT2D eigenvalue weighted by molar-refractivity contribution is -0.145. The van der Waals surface area contributed by atoms with E-state index in [2.05, 4.69) is 5.32 Å². The number of aliphatic carboxylic acids is 1. The van der Waals surface area contributed by atoms with Crippen LogP contribution in [0.25, 0.3) is 0 Å². The van der Waals surface area contributed by atoms with Crippen LogP contribution < -0.4 is 5.32 Å². The Hall–Kier alpha value is -1.35. The lowest BCUT2D eigenvalue weighted by Crippen LogP contribution is -2.46. The summed E-state index contributed by atoms with van der Waals surface area (Å²) in [6.07, 6.45) is 0.517. The van der Waals surface area contributed by atoms with Crippen LogP contribution in [0.2, 0.25) is 0 Å². The van der Waals surface area contributed by atoms with E-state index in [0.29, 0.717) is 6.42 Å². The third-order valence-corrected chi connectivity index (χ3v) is 2.59. The van der Waals surface area contributed by atoms with Gasteiger partial charge in [-0.1, -0.05) is 37.3 Å². The highest BCUT2D eigenvalue weighted by atomic mass is 16.4. The summed E-state index contributed by atoms with van der Waals surface area (Å²) in [6, 6.07) is 9.23. The molecule has 1 atom stereocenters. The van der Waals surface area contributed by atoms with Crippen molar-refractivity contribution >= 4 is 5.97 Å². The van der Waals surface area contributed by atoms with E-state index in [4.69, 9.17) is 0 Å².